The number of thioether (sulfide) groups is 1. The maximum absolute atomic E-state index is 12.0. The fourth-order valence-electron chi connectivity index (χ4n) is 1.52. The molecular weight excluding hydrogens is 260 g/mol. The van der Waals surface area contributed by atoms with Crippen LogP contribution < -0.4 is 5.32 Å². The van der Waals surface area contributed by atoms with E-state index in [1.54, 1.807) is 12.3 Å². The standard InChI is InChI=1S/C14H16N2O2S/c1-10-5-3-7-13(15-10)16-14(17)11(2)19-9-12-6-4-8-18-12/h3-8,11H,9H2,1-2H3,(H,15,16,17). The quantitative estimate of drug-likeness (QED) is 0.910. The number of amides is 1. The Bertz CT molecular complexity index is 540. The molecule has 2 rings (SSSR count). The number of anilines is 1. The van der Waals surface area contributed by atoms with Crippen molar-refractivity contribution in [1.29, 1.82) is 0 Å². The Hall–Kier alpha value is -1.75. The van der Waals surface area contributed by atoms with Crippen LogP contribution in [0.1, 0.15) is 18.4 Å². The minimum Gasteiger partial charge on any atom is -0.468 e. The number of aromatic nitrogens is 1. The summed E-state index contributed by atoms with van der Waals surface area (Å²) in [6, 6.07) is 9.30. The first-order chi connectivity index (χ1) is 9.15. The van der Waals surface area contributed by atoms with Crippen LogP contribution in [0.2, 0.25) is 0 Å². The van der Waals surface area contributed by atoms with Gasteiger partial charge >= 0.3 is 0 Å². The van der Waals surface area contributed by atoms with Crippen LogP contribution in [0.25, 0.3) is 0 Å². The van der Waals surface area contributed by atoms with E-state index in [4.69, 9.17) is 4.42 Å². The van der Waals surface area contributed by atoms with Crippen LogP contribution in [-0.4, -0.2) is 16.1 Å². The Labute approximate surface area is 116 Å². The molecule has 4 nitrogen and oxygen atoms in total. The van der Waals surface area contributed by atoms with Gasteiger partial charge in [-0.25, -0.2) is 4.98 Å². The lowest BCUT2D eigenvalue weighted by Crippen LogP contribution is -2.23. The maximum atomic E-state index is 12.0. The van der Waals surface area contributed by atoms with Crippen molar-refractivity contribution in [2.75, 3.05) is 5.32 Å². The highest BCUT2D eigenvalue weighted by atomic mass is 32.2. The zero-order valence-electron chi connectivity index (χ0n) is 10.9. The number of carbonyl (C=O) groups is 1. The predicted octanol–water partition coefficient (Wildman–Crippen LogP) is 3.24. The van der Waals surface area contributed by atoms with Crippen LogP contribution in [0.5, 0.6) is 0 Å². The zero-order chi connectivity index (χ0) is 13.7. The molecule has 0 saturated heterocycles. The number of hydrogen-bond acceptors (Lipinski definition) is 4. The summed E-state index contributed by atoms with van der Waals surface area (Å²) in [6.45, 7) is 3.77. The third-order valence-electron chi connectivity index (χ3n) is 2.56. The number of carbonyl (C=O) groups excluding carboxylic acids is 1. The Morgan fingerprint density at radius 2 is 2.26 bits per heavy atom. The van der Waals surface area contributed by atoms with Gasteiger partial charge in [0.15, 0.2) is 0 Å². The average molecular weight is 276 g/mol. The molecule has 0 aliphatic carbocycles. The van der Waals surface area contributed by atoms with Crippen LogP contribution in [0, 0.1) is 6.92 Å². The molecule has 0 aliphatic rings. The number of aryl methyl sites for hydroxylation is 1. The van der Waals surface area contributed by atoms with Gasteiger partial charge in [-0.1, -0.05) is 6.07 Å². The van der Waals surface area contributed by atoms with E-state index in [9.17, 15) is 4.79 Å². The number of furan rings is 1. The van der Waals surface area contributed by atoms with E-state index in [2.05, 4.69) is 10.3 Å². The van der Waals surface area contributed by atoms with E-state index in [-0.39, 0.29) is 11.2 Å². The van der Waals surface area contributed by atoms with Crippen LogP contribution in [0.4, 0.5) is 5.82 Å². The minimum atomic E-state index is -0.160. The fraction of sp³-hybridized carbons (Fsp3) is 0.286. The molecular formula is C14H16N2O2S. The average Bonchev–Trinajstić information content (AvgIpc) is 2.89. The fourth-order valence-corrected chi connectivity index (χ4v) is 2.31. The molecule has 0 fully saturated rings. The number of hydrogen-bond donors (Lipinski definition) is 1. The molecule has 2 aromatic rings. The second-order valence-electron chi connectivity index (χ2n) is 4.19. The second kappa shape index (κ2) is 6.43. The molecule has 1 amide bonds. The molecule has 0 bridgehead atoms. The van der Waals surface area contributed by atoms with E-state index in [1.165, 1.54) is 11.8 Å². The highest BCUT2D eigenvalue weighted by Gasteiger charge is 2.14. The molecule has 100 valence electrons. The van der Waals surface area contributed by atoms with E-state index in [0.29, 0.717) is 11.6 Å². The second-order valence-corrected chi connectivity index (χ2v) is 5.52. The van der Waals surface area contributed by atoms with Crippen molar-refractivity contribution in [3.8, 4) is 0 Å². The summed E-state index contributed by atoms with van der Waals surface area (Å²) >= 11 is 1.53. The van der Waals surface area contributed by atoms with Crippen LogP contribution in [0.15, 0.2) is 41.0 Å². The highest BCUT2D eigenvalue weighted by molar-refractivity contribution is 7.99. The van der Waals surface area contributed by atoms with Crippen LogP contribution in [-0.2, 0) is 10.5 Å². The highest BCUT2D eigenvalue weighted by Crippen LogP contribution is 2.19. The van der Waals surface area contributed by atoms with Crippen LogP contribution >= 0.6 is 11.8 Å². The van der Waals surface area contributed by atoms with Crippen molar-refractivity contribution in [1.82, 2.24) is 4.98 Å². The normalized spacial score (nSPS) is 12.1. The molecule has 2 heterocycles. The Morgan fingerprint density at radius 1 is 1.42 bits per heavy atom. The van der Waals surface area contributed by atoms with Crippen molar-refractivity contribution < 1.29 is 9.21 Å². The lowest BCUT2D eigenvalue weighted by atomic mass is 10.3. The first kappa shape index (κ1) is 13.7. The lowest BCUT2D eigenvalue weighted by molar-refractivity contribution is -0.115. The van der Waals surface area contributed by atoms with Gasteiger partial charge in [0, 0.05) is 5.69 Å². The summed E-state index contributed by atoms with van der Waals surface area (Å²) in [5.41, 5.74) is 0.883. The van der Waals surface area contributed by atoms with Gasteiger partial charge in [0.1, 0.15) is 11.6 Å². The summed E-state index contributed by atoms with van der Waals surface area (Å²) in [5, 5.41) is 2.65. The Morgan fingerprint density at radius 3 is 2.95 bits per heavy atom. The molecule has 2 aromatic heterocycles. The smallest absolute Gasteiger partial charge is 0.238 e. The van der Waals surface area contributed by atoms with Crippen molar-refractivity contribution in [2.45, 2.75) is 24.9 Å². The first-order valence-corrected chi connectivity index (χ1v) is 7.08. The zero-order valence-corrected chi connectivity index (χ0v) is 11.7. The SMILES string of the molecule is Cc1cccc(NC(=O)C(C)SCc2ccco2)n1. The molecule has 0 radical (unpaired) electrons. The molecule has 0 saturated carbocycles. The monoisotopic (exact) mass is 276 g/mol. The lowest BCUT2D eigenvalue weighted by Gasteiger charge is -2.11. The molecule has 5 heteroatoms. The van der Waals surface area contributed by atoms with Gasteiger partial charge in [0.05, 0.1) is 17.3 Å². The third kappa shape index (κ3) is 4.13. The first-order valence-electron chi connectivity index (χ1n) is 6.03. The van der Waals surface area contributed by atoms with Gasteiger partial charge in [-0.05, 0) is 38.1 Å². The van der Waals surface area contributed by atoms with Gasteiger partial charge in [-0.2, -0.15) is 0 Å². The van der Waals surface area contributed by atoms with Crippen LogP contribution in [0.3, 0.4) is 0 Å². The molecule has 0 aliphatic heterocycles. The summed E-state index contributed by atoms with van der Waals surface area (Å²) in [7, 11) is 0. The van der Waals surface area contributed by atoms with E-state index < -0.39 is 0 Å². The summed E-state index contributed by atoms with van der Waals surface area (Å²) < 4.78 is 5.23. The van der Waals surface area contributed by atoms with Gasteiger partial charge in [-0.3, -0.25) is 4.79 Å². The number of nitrogens with one attached hydrogen (secondary N) is 1. The van der Waals surface area contributed by atoms with E-state index in [0.717, 1.165) is 11.5 Å². The predicted molar refractivity (Wildman–Crippen MR) is 77.1 cm³/mol. The van der Waals surface area contributed by atoms with Gasteiger partial charge in [-0.15, -0.1) is 11.8 Å². The molecule has 1 atom stereocenters. The molecule has 19 heavy (non-hydrogen) atoms. The Balaban J connectivity index is 1.85. The van der Waals surface area contributed by atoms with Crippen molar-refractivity contribution in [3.05, 3.63) is 48.0 Å². The van der Waals surface area contributed by atoms with Gasteiger partial charge in [0.2, 0.25) is 5.91 Å². The summed E-state index contributed by atoms with van der Waals surface area (Å²) in [4.78, 5) is 16.2. The number of pyridine rings is 1. The molecule has 0 aromatic carbocycles. The van der Waals surface area contributed by atoms with E-state index in [1.807, 2.05) is 38.1 Å². The van der Waals surface area contributed by atoms with Crippen molar-refractivity contribution in [3.63, 3.8) is 0 Å². The van der Waals surface area contributed by atoms with Gasteiger partial charge in [0.25, 0.3) is 0 Å². The Kier molecular flexibility index (Phi) is 4.63. The maximum Gasteiger partial charge on any atom is 0.238 e. The summed E-state index contributed by atoms with van der Waals surface area (Å²) in [6.07, 6.45) is 1.64. The van der Waals surface area contributed by atoms with E-state index >= 15 is 0 Å². The largest absolute Gasteiger partial charge is 0.468 e. The topological polar surface area (TPSA) is 55.1 Å². The number of rotatable bonds is 5. The van der Waals surface area contributed by atoms with Crippen molar-refractivity contribution >= 4 is 23.5 Å². The molecule has 1 unspecified atom stereocenters. The molecule has 1 N–H and O–H groups in total. The summed E-state index contributed by atoms with van der Waals surface area (Å²) in [5.74, 6) is 2.10. The van der Waals surface area contributed by atoms with Crippen molar-refractivity contribution in [2.24, 2.45) is 0 Å². The third-order valence-corrected chi connectivity index (χ3v) is 3.73. The minimum absolute atomic E-state index is 0.0466. The molecule has 0 spiro atoms. The number of nitrogens with zero attached hydrogens (tertiary/aromatic N) is 1. The van der Waals surface area contributed by atoms with Gasteiger partial charge < -0.3 is 9.73 Å².